The van der Waals surface area contributed by atoms with E-state index in [0.29, 0.717) is 18.0 Å². The minimum Gasteiger partial charge on any atom is -0.368 e. The summed E-state index contributed by atoms with van der Waals surface area (Å²) in [5, 5.41) is 22.3. The first-order chi connectivity index (χ1) is 30.3. The standard InChI is InChI=1S/C41H38N8O12S3/c1-19-11-12-25(20(2)15-19)44-40-46-39(42)47-41(48-40)45-28-17-27(30(62-61-60-53)18-31(28)64(57,58)59)43-26-13-14-29-34-32(23-9-4-5-10-24(23)37(51)33(26)34)35(38(52)49(29)3)36(50)21-7-6-8-22(16-21)63(54,55)56/h4-10,13-14,16-20,25,43,53H,11-12,15H2,1-3H3,(H,54,55,56)(H,57,58,59)(H4,42,44,45,46,47,48). The van der Waals surface area contributed by atoms with E-state index in [1.807, 2.05) is 0 Å². The third-order valence-corrected chi connectivity index (χ3v) is 13.7. The number of nitrogen functional groups attached to an aromatic ring is 1. The zero-order valence-corrected chi connectivity index (χ0v) is 36.3. The predicted octanol–water partition coefficient (Wildman–Crippen LogP) is 6.39. The molecule has 3 atom stereocenters. The Labute approximate surface area is 368 Å². The van der Waals surface area contributed by atoms with Crippen molar-refractivity contribution < 1.29 is 50.2 Å². The molecule has 0 bridgehead atoms. The van der Waals surface area contributed by atoms with E-state index in [-0.39, 0.29) is 90.5 Å². The first-order valence-corrected chi connectivity index (χ1v) is 23.0. The molecule has 0 radical (unpaired) electrons. The quantitative estimate of drug-likeness (QED) is 0.0216. The normalized spacial score (nSPS) is 17.2. The molecule has 0 aliphatic heterocycles. The molecule has 23 heteroatoms. The highest BCUT2D eigenvalue weighted by atomic mass is 32.2. The van der Waals surface area contributed by atoms with E-state index in [4.69, 9.17) is 15.3 Å². The fourth-order valence-electron chi connectivity index (χ4n) is 8.34. The molecule has 20 nitrogen and oxygen atoms in total. The van der Waals surface area contributed by atoms with Gasteiger partial charge in [-0.25, -0.2) is 5.26 Å². The van der Waals surface area contributed by atoms with Crippen molar-refractivity contribution in [2.45, 2.75) is 53.8 Å². The molecule has 4 aromatic carbocycles. The number of benzene rings is 4. The van der Waals surface area contributed by atoms with Crippen molar-refractivity contribution in [3.63, 3.8) is 0 Å². The number of hydrogen-bond acceptors (Lipinski definition) is 18. The second kappa shape index (κ2) is 17.0. The lowest BCUT2D eigenvalue weighted by molar-refractivity contribution is -0.432. The van der Waals surface area contributed by atoms with Crippen LogP contribution in [0.2, 0.25) is 0 Å². The Balaban J connectivity index is 1.29. The molecule has 0 saturated heterocycles. The van der Waals surface area contributed by atoms with Crippen LogP contribution < -0.4 is 27.2 Å². The van der Waals surface area contributed by atoms with Crippen molar-refractivity contribution in [2.24, 2.45) is 18.9 Å². The van der Waals surface area contributed by atoms with Crippen molar-refractivity contribution >= 4 is 89.7 Å². The number of fused-ring (bicyclic) bond motifs is 2. The third kappa shape index (κ3) is 8.42. The lowest BCUT2D eigenvalue weighted by Crippen LogP contribution is -2.33. The second-order valence-corrected chi connectivity index (χ2v) is 19.0. The number of hydrogen-bond donors (Lipinski definition) is 7. The molecular formula is C41H38N8O12S3. The fourth-order valence-corrected chi connectivity index (χ4v) is 10.1. The summed E-state index contributed by atoms with van der Waals surface area (Å²) < 4.78 is 75.9. The van der Waals surface area contributed by atoms with Crippen LogP contribution in [0.5, 0.6) is 0 Å². The summed E-state index contributed by atoms with van der Waals surface area (Å²) in [7, 11) is -8.37. The molecule has 1 saturated carbocycles. The summed E-state index contributed by atoms with van der Waals surface area (Å²) >= 11 is 0.326. The Morgan fingerprint density at radius 3 is 2.28 bits per heavy atom. The molecule has 64 heavy (non-hydrogen) atoms. The first kappa shape index (κ1) is 44.3. The number of carbonyl (C=O) groups excluding carboxylic acids is 2. The molecule has 8 rings (SSSR count). The van der Waals surface area contributed by atoms with E-state index in [2.05, 4.69) is 49.8 Å². The summed E-state index contributed by atoms with van der Waals surface area (Å²) in [5.74, 6) is -0.877. The van der Waals surface area contributed by atoms with Gasteiger partial charge in [0, 0.05) is 35.2 Å². The van der Waals surface area contributed by atoms with Crippen LogP contribution in [-0.2, 0) is 36.7 Å². The Morgan fingerprint density at radius 1 is 0.844 bits per heavy atom. The molecule has 332 valence electrons. The molecule has 0 amide bonds. The van der Waals surface area contributed by atoms with E-state index >= 15 is 0 Å². The van der Waals surface area contributed by atoms with Gasteiger partial charge in [-0.15, -0.1) is 4.33 Å². The van der Waals surface area contributed by atoms with Gasteiger partial charge in [0.25, 0.3) is 25.8 Å². The van der Waals surface area contributed by atoms with Crippen LogP contribution in [0.25, 0.3) is 22.0 Å². The van der Waals surface area contributed by atoms with Gasteiger partial charge in [0.15, 0.2) is 11.6 Å². The first-order valence-electron chi connectivity index (χ1n) is 19.4. The van der Waals surface area contributed by atoms with E-state index in [9.17, 15) is 40.3 Å². The average molecular weight is 931 g/mol. The van der Waals surface area contributed by atoms with Gasteiger partial charge in [-0.3, -0.25) is 23.5 Å². The Morgan fingerprint density at radius 2 is 1.58 bits per heavy atom. The number of nitrogens with one attached hydrogen (secondary N) is 3. The molecule has 2 aliphatic carbocycles. The van der Waals surface area contributed by atoms with Crippen LogP contribution >= 0.6 is 12.0 Å². The van der Waals surface area contributed by atoms with E-state index in [0.717, 1.165) is 37.5 Å². The van der Waals surface area contributed by atoms with Crippen LogP contribution in [0.4, 0.5) is 34.9 Å². The number of pyridine rings is 1. The topological polar surface area (TPSA) is 304 Å². The smallest absolute Gasteiger partial charge is 0.296 e. The number of aryl methyl sites for hydroxylation is 1. The molecule has 3 unspecified atom stereocenters. The Bertz CT molecular complexity index is 3220. The van der Waals surface area contributed by atoms with Gasteiger partial charge in [-0.2, -0.15) is 31.8 Å². The summed E-state index contributed by atoms with van der Waals surface area (Å²) in [6.45, 7) is 4.30. The van der Waals surface area contributed by atoms with Crippen LogP contribution in [0, 0.1) is 11.8 Å². The van der Waals surface area contributed by atoms with E-state index < -0.39 is 52.7 Å². The van der Waals surface area contributed by atoms with Crippen molar-refractivity contribution in [1.82, 2.24) is 19.5 Å². The average Bonchev–Trinajstić information content (AvgIpc) is 3.24. The lowest BCUT2D eigenvalue weighted by atomic mass is 9.80. The Kier molecular flexibility index (Phi) is 11.8. The maximum absolute atomic E-state index is 14.6. The highest BCUT2D eigenvalue weighted by Crippen LogP contribution is 2.46. The van der Waals surface area contributed by atoms with E-state index in [1.165, 1.54) is 48.0 Å². The van der Waals surface area contributed by atoms with Gasteiger partial charge in [-0.1, -0.05) is 55.3 Å². The van der Waals surface area contributed by atoms with Crippen molar-refractivity contribution in [1.29, 1.82) is 0 Å². The molecule has 2 aromatic heterocycles. The molecular weight excluding hydrogens is 893 g/mol. The van der Waals surface area contributed by atoms with Crippen LogP contribution in [-0.4, -0.2) is 68.3 Å². The Hall–Kier alpha value is -6.31. The van der Waals surface area contributed by atoms with Crippen molar-refractivity contribution in [3.8, 4) is 11.1 Å². The molecule has 8 N–H and O–H groups in total. The fraction of sp³-hybridized carbons (Fsp3) is 0.220. The summed E-state index contributed by atoms with van der Waals surface area (Å²) in [6, 6.07) is 16.0. The maximum Gasteiger partial charge on any atom is 0.296 e. The van der Waals surface area contributed by atoms with Crippen molar-refractivity contribution in [2.75, 3.05) is 21.7 Å². The van der Waals surface area contributed by atoms with Crippen molar-refractivity contribution in [3.05, 3.63) is 105 Å². The minimum atomic E-state index is -5.03. The van der Waals surface area contributed by atoms with Gasteiger partial charge in [0.2, 0.25) is 17.8 Å². The predicted molar refractivity (Wildman–Crippen MR) is 235 cm³/mol. The number of ketones is 2. The van der Waals surface area contributed by atoms with Gasteiger partial charge in [-0.05, 0) is 73.1 Å². The number of rotatable bonds is 13. The molecule has 2 aliphatic rings. The van der Waals surface area contributed by atoms with Crippen LogP contribution in [0.1, 0.15) is 65.0 Å². The van der Waals surface area contributed by atoms with Crippen LogP contribution in [0.15, 0.2) is 92.3 Å². The largest absolute Gasteiger partial charge is 0.368 e. The number of anilines is 6. The highest BCUT2D eigenvalue weighted by Gasteiger charge is 2.35. The second-order valence-electron chi connectivity index (χ2n) is 15.5. The zero-order chi connectivity index (χ0) is 45.8. The summed E-state index contributed by atoms with van der Waals surface area (Å²) in [4.78, 5) is 54.6. The molecule has 6 aromatic rings. The minimum absolute atomic E-state index is 0.00515. The monoisotopic (exact) mass is 930 g/mol. The molecule has 1 fully saturated rings. The summed E-state index contributed by atoms with van der Waals surface area (Å²) in [6.07, 6.45) is 2.82. The highest BCUT2D eigenvalue weighted by molar-refractivity contribution is 7.94. The van der Waals surface area contributed by atoms with Gasteiger partial charge in [0.1, 0.15) is 4.90 Å². The molecule has 2 heterocycles. The number of nitrogens with two attached hydrogens (primary N) is 1. The van der Waals surface area contributed by atoms with E-state index in [1.54, 1.807) is 18.2 Å². The maximum atomic E-state index is 14.6. The lowest BCUT2D eigenvalue weighted by Gasteiger charge is -2.33. The van der Waals surface area contributed by atoms with Gasteiger partial charge < -0.3 is 26.3 Å². The zero-order valence-electron chi connectivity index (χ0n) is 33.9. The van der Waals surface area contributed by atoms with Gasteiger partial charge in [0.05, 0.1) is 55.5 Å². The number of carbonyl (C=O) groups is 2. The molecule has 0 spiro atoms. The van der Waals surface area contributed by atoms with Crippen LogP contribution in [0.3, 0.4) is 0 Å². The number of aromatic nitrogens is 4. The third-order valence-electron chi connectivity index (χ3n) is 11.3. The number of nitrogens with zero attached hydrogens (tertiary/aromatic N) is 4. The van der Waals surface area contributed by atoms with Gasteiger partial charge >= 0.3 is 0 Å². The summed E-state index contributed by atoms with van der Waals surface area (Å²) in [5.41, 5.74) is 5.06. The SMILES string of the molecule is CC1CCC(Nc2nc(N)nc(Nc3cc(Nc4ccc5c6c4C(=O)c4ccccc4-c6c(C(=O)c4cccc(S(=O)(=O)O)c4)c(=O)n5C)c(SOOO)cc3S(=O)(=O)O)n2)C(C)C1.